The van der Waals surface area contributed by atoms with Crippen molar-refractivity contribution in [2.75, 3.05) is 13.6 Å². The van der Waals surface area contributed by atoms with Gasteiger partial charge < -0.3 is 5.11 Å². The first-order valence-electron chi connectivity index (χ1n) is 5.98. The molecule has 3 rings (SSSR count). The lowest BCUT2D eigenvalue weighted by molar-refractivity contribution is -0.706. The Morgan fingerprint density at radius 3 is 3.22 bits per heavy atom. The minimum Gasteiger partial charge on any atom is -0.465 e. The number of allylic oxidation sites excluding steroid dienone is 1. The number of hydrogen-bond donors (Lipinski definition) is 1. The van der Waals surface area contributed by atoms with Gasteiger partial charge in [0.2, 0.25) is 0 Å². The number of fused-ring (bicyclic) bond motifs is 1. The van der Waals surface area contributed by atoms with Crippen LogP contribution in [-0.4, -0.2) is 52.8 Å². The first-order chi connectivity index (χ1) is 8.62. The molecule has 1 amide bonds. The molecule has 3 aliphatic rings. The lowest BCUT2D eigenvalue weighted by atomic mass is 10.1. The summed E-state index contributed by atoms with van der Waals surface area (Å²) in [7, 11) is 2.01. The van der Waals surface area contributed by atoms with Crippen LogP contribution in [0.1, 0.15) is 12.8 Å². The van der Waals surface area contributed by atoms with E-state index < -0.39 is 6.09 Å². The fraction of sp³-hybridized carbons (Fsp3) is 0.417. The Morgan fingerprint density at radius 1 is 1.61 bits per heavy atom. The number of carboxylic acid groups (broad SMARTS) is 1. The van der Waals surface area contributed by atoms with Gasteiger partial charge in [0.15, 0.2) is 12.0 Å². The summed E-state index contributed by atoms with van der Waals surface area (Å²) in [6.45, 7) is 0.586. The van der Waals surface area contributed by atoms with Crippen molar-refractivity contribution in [1.29, 1.82) is 0 Å². The van der Waals surface area contributed by atoms with Gasteiger partial charge >= 0.3 is 6.09 Å². The molecule has 1 fully saturated rings. The molecule has 0 aromatic heterocycles. The van der Waals surface area contributed by atoms with Crippen molar-refractivity contribution in [2.45, 2.75) is 18.9 Å². The quantitative estimate of drug-likeness (QED) is 0.711. The van der Waals surface area contributed by atoms with Crippen LogP contribution in [0, 0.1) is 0 Å². The van der Waals surface area contributed by atoms with E-state index in [1.807, 2.05) is 19.6 Å². The highest BCUT2D eigenvalue weighted by Crippen LogP contribution is 2.33. The Kier molecular flexibility index (Phi) is 2.34. The Morgan fingerprint density at radius 2 is 2.44 bits per heavy atom. The Hall–Kier alpha value is -1.95. The van der Waals surface area contributed by atoms with Crippen molar-refractivity contribution in [3.05, 3.63) is 23.8 Å². The zero-order chi connectivity index (χ0) is 12.8. The summed E-state index contributed by atoms with van der Waals surface area (Å²) in [6, 6.07) is -0.133. The molecule has 0 saturated carbocycles. The summed E-state index contributed by atoms with van der Waals surface area (Å²) in [6.07, 6.45) is 8.13. The number of rotatable bonds is 1. The molecule has 1 saturated heterocycles. The molecule has 0 aliphatic carbocycles. The molecule has 0 spiro atoms. The van der Waals surface area contributed by atoms with Crippen molar-refractivity contribution in [3.63, 3.8) is 0 Å². The van der Waals surface area contributed by atoms with Gasteiger partial charge in [0, 0.05) is 6.54 Å². The second-order valence-electron chi connectivity index (χ2n) is 4.87. The Bertz CT molecular complexity index is 520. The maximum atomic E-state index is 11.2. The molecule has 0 bridgehead atoms. The summed E-state index contributed by atoms with van der Waals surface area (Å²) in [4.78, 5) is 21.3. The molecule has 2 atom stereocenters. The lowest BCUT2D eigenvalue weighted by Crippen LogP contribution is -2.38. The molecule has 3 heterocycles. The van der Waals surface area contributed by atoms with E-state index in [0.717, 1.165) is 24.2 Å². The van der Waals surface area contributed by atoms with Crippen molar-refractivity contribution < 1.29 is 14.4 Å². The van der Waals surface area contributed by atoms with E-state index in [0.29, 0.717) is 11.0 Å². The maximum Gasteiger partial charge on any atom is 0.407 e. The highest BCUT2D eigenvalue weighted by Gasteiger charge is 2.41. The number of aliphatic imine (C=N–C) groups is 2. The van der Waals surface area contributed by atoms with Gasteiger partial charge in [-0.2, -0.15) is 4.99 Å². The molecule has 6 heteroatoms. The van der Waals surface area contributed by atoms with Crippen LogP contribution < -0.4 is 0 Å². The molecule has 2 unspecified atom stereocenters. The summed E-state index contributed by atoms with van der Waals surface area (Å²) >= 11 is 0. The predicted molar refractivity (Wildman–Crippen MR) is 67.1 cm³/mol. The Labute approximate surface area is 105 Å². The van der Waals surface area contributed by atoms with E-state index in [-0.39, 0.29) is 6.04 Å². The molecule has 6 nitrogen and oxygen atoms in total. The van der Waals surface area contributed by atoms with Crippen molar-refractivity contribution >= 4 is 18.6 Å². The molecule has 0 aromatic carbocycles. The van der Waals surface area contributed by atoms with Crippen LogP contribution in [0.3, 0.4) is 0 Å². The van der Waals surface area contributed by atoms with Gasteiger partial charge in [-0.05, 0) is 12.8 Å². The summed E-state index contributed by atoms with van der Waals surface area (Å²) in [5.74, 6) is 0. The number of quaternary nitrogens is 1. The largest absolute Gasteiger partial charge is 0.465 e. The van der Waals surface area contributed by atoms with Gasteiger partial charge in [0.05, 0.1) is 25.5 Å². The number of hydrogen-bond acceptors (Lipinski definition) is 3. The smallest absolute Gasteiger partial charge is 0.407 e. The molecule has 1 N–H and O–H groups in total. The van der Waals surface area contributed by atoms with E-state index in [4.69, 9.17) is 0 Å². The van der Waals surface area contributed by atoms with Gasteiger partial charge in [-0.15, -0.1) is 0 Å². The molecule has 0 radical (unpaired) electrons. The fourth-order valence-corrected chi connectivity index (χ4v) is 2.69. The van der Waals surface area contributed by atoms with Crippen LogP contribution >= 0.6 is 0 Å². The number of amides is 1. The van der Waals surface area contributed by atoms with E-state index in [9.17, 15) is 9.90 Å². The number of likely N-dealkylation sites (tertiary alicyclic amines) is 1. The van der Waals surface area contributed by atoms with Crippen LogP contribution in [-0.2, 0) is 0 Å². The summed E-state index contributed by atoms with van der Waals surface area (Å²) in [5, 5.41) is 9.20. The van der Waals surface area contributed by atoms with Crippen molar-refractivity contribution in [2.24, 2.45) is 9.98 Å². The first-order valence-corrected chi connectivity index (χ1v) is 5.98. The summed E-state index contributed by atoms with van der Waals surface area (Å²) in [5.41, 5.74) is 1.81. The molecule has 94 valence electrons. The Balaban J connectivity index is 2.00. The van der Waals surface area contributed by atoms with Gasteiger partial charge in [0.25, 0.3) is 0 Å². The van der Waals surface area contributed by atoms with E-state index in [1.165, 1.54) is 4.90 Å². The van der Waals surface area contributed by atoms with Gasteiger partial charge in [-0.3, -0.25) is 9.89 Å². The fourth-order valence-electron chi connectivity index (χ4n) is 2.69. The minimum absolute atomic E-state index is 0.133. The molecule has 18 heavy (non-hydrogen) atoms. The number of nitrogens with zero attached hydrogens (tertiary/aromatic N) is 4. The first kappa shape index (κ1) is 11.2. The second kappa shape index (κ2) is 3.78. The lowest BCUT2D eigenvalue weighted by Gasteiger charge is -2.25. The van der Waals surface area contributed by atoms with Crippen LogP contribution in [0.15, 0.2) is 33.8 Å². The highest BCUT2D eigenvalue weighted by atomic mass is 16.4. The SMILES string of the molecule is C[N+]12C=CN=CC1=C(C1CCCN1C(=O)O)N=C2. The third-order valence-corrected chi connectivity index (χ3v) is 3.69. The van der Waals surface area contributed by atoms with Gasteiger partial charge in [0.1, 0.15) is 11.9 Å². The van der Waals surface area contributed by atoms with E-state index in [1.54, 1.807) is 12.4 Å². The monoisotopic (exact) mass is 247 g/mol. The van der Waals surface area contributed by atoms with Gasteiger partial charge in [-0.1, -0.05) is 0 Å². The van der Waals surface area contributed by atoms with E-state index >= 15 is 0 Å². The summed E-state index contributed by atoms with van der Waals surface area (Å²) < 4.78 is 0.475. The topological polar surface area (TPSA) is 65.3 Å². The predicted octanol–water partition coefficient (Wildman–Crippen LogP) is 1.38. The number of carbonyl (C=O) groups is 1. The van der Waals surface area contributed by atoms with Crippen molar-refractivity contribution in [1.82, 2.24) is 4.90 Å². The van der Waals surface area contributed by atoms with Crippen LogP contribution in [0.4, 0.5) is 4.79 Å². The zero-order valence-corrected chi connectivity index (χ0v) is 10.2. The average Bonchev–Trinajstić information content (AvgIpc) is 2.91. The van der Waals surface area contributed by atoms with E-state index in [2.05, 4.69) is 9.98 Å². The average molecular weight is 247 g/mol. The maximum absolute atomic E-state index is 11.2. The third-order valence-electron chi connectivity index (χ3n) is 3.69. The highest BCUT2D eigenvalue weighted by molar-refractivity contribution is 5.84. The normalized spacial score (nSPS) is 33.4. The van der Waals surface area contributed by atoms with Gasteiger partial charge in [-0.25, -0.2) is 9.28 Å². The van der Waals surface area contributed by atoms with Crippen LogP contribution in [0.5, 0.6) is 0 Å². The standard InChI is InChI=1S/C12H14N4O2/c1-16-6-4-13-7-10(16)11(14-8-16)9-3-2-5-15(9)12(17)18/h4,6-9H,2-3,5H2,1H3/p+1. The molecular weight excluding hydrogens is 232 g/mol. The minimum atomic E-state index is -0.870. The second-order valence-corrected chi connectivity index (χ2v) is 4.87. The molecule has 3 aliphatic heterocycles. The van der Waals surface area contributed by atoms with Crippen LogP contribution in [0.25, 0.3) is 0 Å². The van der Waals surface area contributed by atoms with Crippen LogP contribution in [0.2, 0.25) is 0 Å². The zero-order valence-electron chi connectivity index (χ0n) is 10.2. The molecular formula is C12H15N4O2+. The third kappa shape index (κ3) is 1.49. The van der Waals surface area contributed by atoms with Crippen molar-refractivity contribution in [3.8, 4) is 0 Å². The molecule has 0 aromatic rings.